The highest BCUT2D eigenvalue weighted by atomic mass is 32.1. The van der Waals surface area contributed by atoms with E-state index in [0.717, 1.165) is 39.9 Å². The molecule has 0 radical (unpaired) electrons. The van der Waals surface area contributed by atoms with Gasteiger partial charge < -0.3 is 15.8 Å². The van der Waals surface area contributed by atoms with Gasteiger partial charge in [0.1, 0.15) is 12.4 Å². The topological polar surface area (TPSA) is 47.3 Å². The highest BCUT2D eigenvalue weighted by Gasteiger charge is 2.22. The first-order valence-electron chi connectivity index (χ1n) is 9.83. The maximum Gasteiger partial charge on any atom is 0.119 e. The van der Waals surface area contributed by atoms with Gasteiger partial charge in [0.15, 0.2) is 0 Å². The van der Waals surface area contributed by atoms with E-state index in [1.807, 2.05) is 19.2 Å². The molecule has 0 spiro atoms. The molecule has 2 aromatic carbocycles. The van der Waals surface area contributed by atoms with Crippen molar-refractivity contribution in [2.45, 2.75) is 51.6 Å². The van der Waals surface area contributed by atoms with E-state index in [0.29, 0.717) is 12.5 Å². The van der Waals surface area contributed by atoms with Crippen molar-refractivity contribution in [3.63, 3.8) is 0 Å². The van der Waals surface area contributed by atoms with Crippen LogP contribution in [0.25, 0.3) is 0 Å². The van der Waals surface area contributed by atoms with Crippen LogP contribution in [0.4, 0.5) is 11.4 Å². The van der Waals surface area contributed by atoms with Gasteiger partial charge in [0.25, 0.3) is 0 Å². The number of thiocarbonyl (C=S) groups is 1. The molecule has 0 unspecified atom stereocenters. The van der Waals surface area contributed by atoms with Crippen LogP contribution in [0.15, 0.2) is 42.5 Å². The number of nitrogens with two attached hydrogens (primary N) is 1. The van der Waals surface area contributed by atoms with E-state index in [4.69, 9.17) is 22.7 Å². The quantitative estimate of drug-likeness (QED) is 0.459. The molecule has 0 heterocycles. The van der Waals surface area contributed by atoms with Crippen molar-refractivity contribution in [3.8, 4) is 5.75 Å². The second-order valence-electron chi connectivity index (χ2n) is 7.69. The monoisotopic (exact) mass is 382 g/mol. The number of ether oxygens (including phenoxy) is 1. The molecule has 1 fully saturated rings. The van der Waals surface area contributed by atoms with Crippen LogP contribution in [0, 0.1) is 5.92 Å². The lowest BCUT2D eigenvalue weighted by Crippen LogP contribution is -2.15. The van der Waals surface area contributed by atoms with Gasteiger partial charge in [0.2, 0.25) is 0 Å². The molecule has 3 rings (SSSR count). The van der Waals surface area contributed by atoms with Gasteiger partial charge in [-0.15, -0.1) is 0 Å². The molecular formula is C23H30N2OS. The molecule has 4 heteroatoms. The second-order valence-corrected chi connectivity index (χ2v) is 8.39. The first-order chi connectivity index (χ1) is 13.0. The summed E-state index contributed by atoms with van der Waals surface area (Å²) in [5, 5.41) is 3.12. The number of hydrogen-bond acceptors (Lipinski definition) is 4. The number of rotatable bonds is 7. The van der Waals surface area contributed by atoms with Gasteiger partial charge in [-0.2, -0.15) is 0 Å². The number of nitrogens with one attached hydrogen (secondary N) is 1. The van der Waals surface area contributed by atoms with Crippen molar-refractivity contribution >= 4 is 28.5 Å². The Hall–Kier alpha value is -2.07. The number of benzene rings is 2. The van der Waals surface area contributed by atoms with Crippen molar-refractivity contribution in [1.82, 2.24) is 0 Å². The zero-order valence-corrected chi connectivity index (χ0v) is 17.1. The minimum Gasteiger partial charge on any atom is -0.489 e. The largest absolute Gasteiger partial charge is 0.489 e. The van der Waals surface area contributed by atoms with Crippen LogP contribution in [0.3, 0.4) is 0 Å². The summed E-state index contributed by atoms with van der Waals surface area (Å²) in [6, 6.07) is 14.6. The van der Waals surface area contributed by atoms with Gasteiger partial charge in [-0.3, -0.25) is 0 Å². The van der Waals surface area contributed by atoms with E-state index >= 15 is 0 Å². The standard InChI is InChI=1S/C23H30N2OS/c1-16(27)11-17-3-5-19(6-4-17)20-7-9-23(10-8-20)26-15-18-12-21(24)14-22(13-18)25-2/h7-10,12-14,17,19,25H,3-6,11,15,24H2,1-2H3. The maximum atomic E-state index is 5.95. The molecule has 0 amide bonds. The third-order valence-electron chi connectivity index (χ3n) is 5.48. The molecule has 1 aliphatic carbocycles. The van der Waals surface area contributed by atoms with Gasteiger partial charge >= 0.3 is 0 Å². The fourth-order valence-corrected chi connectivity index (χ4v) is 4.29. The number of hydrogen-bond donors (Lipinski definition) is 2. The van der Waals surface area contributed by atoms with E-state index in [1.165, 1.54) is 31.2 Å². The molecule has 3 nitrogen and oxygen atoms in total. The van der Waals surface area contributed by atoms with Crippen LogP contribution in [-0.4, -0.2) is 11.9 Å². The molecular weight excluding hydrogens is 352 g/mol. The minimum atomic E-state index is 0.515. The Morgan fingerprint density at radius 3 is 2.44 bits per heavy atom. The SMILES string of the molecule is CNc1cc(N)cc(COc2ccc(C3CCC(CC(C)=S)CC3)cc2)c1. The minimum absolute atomic E-state index is 0.515. The first-order valence-corrected chi connectivity index (χ1v) is 10.2. The maximum absolute atomic E-state index is 5.95. The highest BCUT2D eigenvalue weighted by Crippen LogP contribution is 2.37. The average molecular weight is 383 g/mol. The van der Waals surface area contributed by atoms with Crippen molar-refractivity contribution in [2.24, 2.45) is 5.92 Å². The molecule has 1 saturated carbocycles. The summed E-state index contributed by atoms with van der Waals surface area (Å²) in [6.07, 6.45) is 6.24. The van der Waals surface area contributed by atoms with Crippen molar-refractivity contribution < 1.29 is 4.74 Å². The zero-order valence-electron chi connectivity index (χ0n) is 16.3. The lowest BCUT2D eigenvalue weighted by molar-refractivity contribution is 0.305. The second kappa shape index (κ2) is 9.23. The molecule has 1 aliphatic rings. The van der Waals surface area contributed by atoms with E-state index in [2.05, 4.69) is 42.6 Å². The van der Waals surface area contributed by atoms with Gasteiger partial charge in [-0.05, 0) is 97.2 Å². The molecule has 0 aliphatic heterocycles. The number of anilines is 2. The predicted octanol–water partition coefficient (Wildman–Crippen LogP) is 5.94. The van der Waals surface area contributed by atoms with Gasteiger partial charge in [-0.25, -0.2) is 0 Å². The molecule has 3 N–H and O–H groups in total. The Balaban J connectivity index is 1.53. The van der Waals surface area contributed by atoms with Crippen LogP contribution < -0.4 is 15.8 Å². The zero-order chi connectivity index (χ0) is 19.2. The fourth-order valence-electron chi connectivity index (χ4n) is 4.06. The van der Waals surface area contributed by atoms with Crippen molar-refractivity contribution in [2.75, 3.05) is 18.1 Å². The smallest absolute Gasteiger partial charge is 0.119 e. The highest BCUT2D eigenvalue weighted by molar-refractivity contribution is 7.80. The molecule has 27 heavy (non-hydrogen) atoms. The Morgan fingerprint density at radius 1 is 1.11 bits per heavy atom. The molecule has 144 valence electrons. The summed E-state index contributed by atoms with van der Waals surface area (Å²) in [6.45, 7) is 2.59. The van der Waals surface area contributed by atoms with Crippen LogP contribution in [0.1, 0.15) is 56.1 Å². The molecule has 0 saturated heterocycles. The summed E-state index contributed by atoms with van der Waals surface area (Å²) in [5.74, 6) is 2.37. The fraction of sp³-hybridized carbons (Fsp3) is 0.435. The van der Waals surface area contributed by atoms with E-state index < -0.39 is 0 Å². The Bertz CT molecular complexity index is 764. The lowest BCUT2D eigenvalue weighted by atomic mass is 9.77. The first kappa shape index (κ1) is 19.7. The van der Waals surface area contributed by atoms with Crippen LogP contribution >= 0.6 is 12.2 Å². The molecule has 0 aromatic heterocycles. The van der Waals surface area contributed by atoms with E-state index in [9.17, 15) is 0 Å². The van der Waals surface area contributed by atoms with Gasteiger partial charge in [0, 0.05) is 18.4 Å². The molecule has 0 atom stereocenters. The molecule has 0 bridgehead atoms. The summed E-state index contributed by atoms with van der Waals surface area (Å²) in [5.41, 5.74) is 10.2. The van der Waals surface area contributed by atoms with E-state index in [-0.39, 0.29) is 0 Å². The Kier molecular flexibility index (Phi) is 6.73. The molecule has 2 aromatic rings. The average Bonchev–Trinajstić information content (AvgIpc) is 2.66. The van der Waals surface area contributed by atoms with Crippen LogP contribution in [0.5, 0.6) is 5.75 Å². The van der Waals surface area contributed by atoms with Gasteiger partial charge in [-0.1, -0.05) is 24.4 Å². The Labute approximate surface area is 168 Å². The van der Waals surface area contributed by atoms with Gasteiger partial charge in [0.05, 0.1) is 0 Å². The van der Waals surface area contributed by atoms with Crippen molar-refractivity contribution in [1.29, 1.82) is 0 Å². The summed E-state index contributed by atoms with van der Waals surface area (Å²) < 4.78 is 5.95. The van der Waals surface area contributed by atoms with Crippen molar-refractivity contribution in [3.05, 3.63) is 53.6 Å². The van der Waals surface area contributed by atoms with Crippen LogP contribution in [0.2, 0.25) is 0 Å². The van der Waals surface area contributed by atoms with E-state index in [1.54, 1.807) is 0 Å². The normalized spacial score (nSPS) is 19.5. The summed E-state index contributed by atoms with van der Waals surface area (Å²) in [7, 11) is 1.89. The third kappa shape index (κ3) is 5.70. The Morgan fingerprint density at radius 2 is 1.81 bits per heavy atom. The number of nitrogen functional groups attached to an aromatic ring is 1. The third-order valence-corrected chi connectivity index (χ3v) is 5.65. The predicted molar refractivity (Wildman–Crippen MR) is 119 cm³/mol. The summed E-state index contributed by atoms with van der Waals surface area (Å²) >= 11 is 5.27. The van der Waals surface area contributed by atoms with Crippen LogP contribution in [-0.2, 0) is 6.61 Å². The summed E-state index contributed by atoms with van der Waals surface area (Å²) in [4.78, 5) is 1.15. The lowest BCUT2D eigenvalue weighted by Gasteiger charge is -2.28.